The van der Waals surface area contributed by atoms with Gasteiger partial charge in [0.25, 0.3) is 0 Å². The lowest BCUT2D eigenvalue weighted by atomic mass is 10.2. The third-order valence-corrected chi connectivity index (χ3v) is 3.20. The summed E-state index contributed by atoms with van der Waals surface area (Å²) in [7, 11) is 0. The number of likely N-dealkylation sites (tertiary alicyclic amines) is 1. The molecule has 23 heavy (non-hydrogen) atoms. The second-order valence-electron chi connectivity index (χ2n) is 4.77. The summed E-state index contributed by atoms with van der Waals surface area (Å²) in [5.41, 5.74) is 0. The van der Waals surface area contributed by atoms with Crippen LogP contribution in [0.25, 0.3) is 0 Å². The average molecular weight is 345 g/mol. The van der Waals surface area contributed by atoms with E-state index < -0.39 is 11.9 Å². The van der Waals surface area contributed by atoms with Crippen LogP contribution in [0, 0.1) is 11.8 Å². The molecule has 0 aromatic carbocycles. The van der Waals surface area contributed by atoms with E-state index in [1.54, 1.807) is 0 Å². The smallest absolute Gasteiger partial charge is 0.223 e. The Morgan fingerprint density at radius 3 is 2.39 bits per heavy atom. The first-order valence-corrected chi connectivity index (χ1v) is 7.95. The Hall–Kier alpha value is -1.78. The van der Waals surface area contributed by atoms with E-state index in [0.29, 0.717) is 19.5 Å². The molecule has 1 N–H and O–H groups in total. The van der Waals surface area contributed by atoms with Gasteiger partial charge in [0, 0.05) is 18.8 Å². The highest BCUT2D eigenvalue weighted by Crippen LogP contribution is 2.07. The number of aliphatic carboxylic acids is 2. The molecule has 1 heterocycles. The molecule has 1 aliphatic heterocycles. The summed E-state index contributed by atoms with van der Waals surface area (Å²) in [6.45, 7) is 3.17. The third kappa shape index (κ3) is 12.4. The van der Waals surface area contributed by atoms with Crippen molar-refractivity contribution in [3.63, 3.8) is 0 Å². The lowest BCUT2D eigenvalue weighted by molar-refractivity contribution is -0.345. The van der Waals surface area contributed by atoms with Gasteiger partial charge in [-0.1, -0.05) is 18.3 Å². The number of nitrogens with zero attached hydrogens (tertiary/aromatic N) is 1. The van der Waals surface area contributed by atoms with E-state index in [-0.39, 0.29) is 5.91 Å². The molecule has 0 aromatic rings. The molecule has 0 spiro atoms. The number of nitrogens with one attached hydrogen (secondary N) is 1. The number of carbonyl (C=O) groups excluding carboxylic acids is 3. The summed E-state index contributed by atoms with van der Waals surface area (Å²) in [4.78, 5) is 31.0. The molecule has 130 valence electrons. The van der Waals surface area contributed by atoms with Crippen LogP contribution in [0.4, 0.5) is 0 Å². The molecule has 8 heteroatoms. The molecule has 7 nitrogen and oxygen atoms in total. The zero-order valence-corrected chi connectivity index (χ0v) is 13.7. The van der Waals surface area contributed by atoms with Gasteiger partial charge in [-0.3, -0.25) is 4.79 Å². The first-order chi connectivity index (χ1) is 11.0. The monoisotopic (exact) mass is 344 g/mol. The maximum atomic E-state index is 11.3. The molecule has 0 saturated carbocycles. The van der Waals surface area contributed by atoms with Gasteiger partial charge < -0.3 is 30.0 Å². The van der Waals surface area contributed by atoms with Crippen LogP contribution in [0.3, 0.4) is 0 Å². The van der Waals surface area contributed by atoms with E-state index in [1.807, 2.05) is 4.90 Å². The third-order valence-electron chi connectivity index (χ3n) is 2.93. The van der Waals surface area contributed by atoms with Gasteiger partial charge in [-0.2, -0.15) is 0 Å². The zero-order chi connectivity index (χ0) is 17.5. The molecule has 1 rings (SSSR count). The summed E-state index contributed by atoms with van der Waals surface area (Å²) in [6.07, 6.45) is 5.09. The van der Waals surface area contributed by atoms with Gasteiger partial charge >= 0.3 is 0 Å². The topological polar surface area (TPSA) is 113 Å². The fourth-order valence-electron chi connectivity index (χ4n) is 1.76. The number of carboxylic acids is 2. The molecular formula is C15H21ClN2O5-2. The number of hydrogen-bond acceptors (Lipinski definition) is 6. The minimum atomic E-state index is -2.19. The van der Waals surface area contributed by atoms with E-state index in [4.69, 9.17) is 31.4 Å². The van der Waals surface area contributed by atoms with Gasteiger partial charge in [0.05, 0.1) is 25.0 Å². The van der Waals surface area contributed by atoms with Crippen molar-refractivity contribution in [3.05, 3.63) is 0 Å². The van der Waals surface area contributed by atoms with Crippen LogP contribution in [0.5, 0.6) is 0 Å². The molecule has 0 bridgehead atoms. The molecule has 0 aromatic heterocycles. The van der Waals surface area contributed by atoms with Gasteiger partial charge in [-0.25, -0.2) is 0 Å². The number of carbonyl (C=O) groups is 3. The predicted molar refractivity (Wildman–Crippen MR) is 81.0 cm³/mol. The maximum absolute atomic E-state index is 11.3. The van der Waals surface area contributed by atoms with Crippen molar-refractivity contribution in [2.24, 2.45) is 0 Å². The molecule has 0 atom stereocenters. The zero-order valence-electron chi connectivity index (χ0n) is 12.9. The van der Waals surface area contributed by atoms with Crippen LogP contribution >= 0.6 is 11.6 Å². The van der Waals surface area contributed by atoms with Crippen molar-refractivity contribution < 1.29 is 24.6 Å². The van der Waals surface area contributed by atoms with Crippen LogP contribution in [0.1, 0.15) is 32.1 Å². The second kappa shape index (κ2) is 13.9. The largest absolute Gasteiger partial charge is 0.543 e. The van der Waals surface area contributed by atoms with Crippen LogP contribution < -0.4 is 15.5 Å². The normalized spacial score (nSPS) is 12.9. The Balaban J connectivity index is 0.000000688. The summed E-state index contributed by atoms with van der Waals surface area (Å²) in [6, 6.07) is 0. The van der Waals surface area contributed by atoms with Gasteiger partial charge in [-0.05, 0) is 25.8 Å². The van der Waals surface area contributed by atoms with E-state index in [9.17, 15) is 4.79 Å². The minimum Gasteiger partial charge on any atom is -0.543 e. The Kier molecular flexibility index (Phi) is 12.8. The number of hydrogen-bond donors (Lipinski definition) is 1. The van der Waals surface area contributed by atoms with Gasteiger partial charge in [0.15, 0.2) is 0 Å². The summed E-state index contributed by atoms with van der Waals surface area (Å²) >= 11 is 5.58. The lowest BCUT2D eigenvalue weighted by Gasteiger charge is -2.09. The Bertz CT molecular complexity index is 433. The molecular weight excluding hydrogens is 324 g/mol. The van der Waals surface area contributed by atoms with Gasteiger partial charge in [0.1, 0.15) is 0 Å². The molecule has 1 fully saturated rings. The van der Waals surface area contributed by atoms with Crippen LogP contribution in [0.2, 0.25) is 0 Å². The van der Waals surface area contributed by atoms with Crippen molar-refractivity contribution in [1.82, 2.24) is 10.2 Å². The van der Waals surface area contributed by atoms with Crippen molar-refractivity contribution in [2.45, 2.75) is 32.1 Å². The molecule has 1 amide bonds. The summed E-state index contributed by atoms with van der Waals surface area (Å²) in [5, 5.41) is 21.1. The molecule has 1 saturated heterocycles. The Morgan fingerprint density at radius 2 is 1.87 bits per heavy atom. The maximum Gasteiger partial charge on any atom is 0.223 e. The van der Waals surface area contributed by atoms with E-state index >= 15 is 0 Å². The highest BCUT2D eigenvalue weighted by atomic mass is 35.5. The SMILES string of the molecule is O=C([O-])C(=O)[O-].O=C1CCCN1CC#CCNCCCCCCl. The summed E-state index contributed by atoms with van der Waals surface area (Å²) < 4.78 is 0. The molecule has 0 radical (unpaired) electrons. The molecule has 0 unspecified atom stereocenters. The number of carboxylic acid groups (broad SMARTS) is 2. The Morgan fingerprint density at radius 1 is 1.17 bits per heavy atom. The molecule has 1 aliphatic rings. The van der Waals surface area contributed by atoms with E-state index in [0.717, 1.165) is 38.2 Å². The van der Waals surface area contributed by atoms with Crippen LogP contribution in [-0.2, 0) is 14.4 Å². The number of amides is 1. The minimum absolute atomic E-state index is 0.244. The van der Waals surface area contributed by atoms with Crippen molar-refractivity contribution in [1.29, 1.82) is 0 Å². The standard InChI is InChI=1S/C13H21ClN2O.C2H2O4/c14-8-2-1-3-9-15-10-4-5-11-16-12-6-7-13(16)17;3-1(4)2(5)6/h15H,1-3,6-12H2;(H,3,4)(H,5,6)/p-2. The highest BCUT2D eigenvalue weighted by Gasteiger charge is 2.18. The number of alkyl halides is 1. The summed E-state index contributed by atoms with van der Waals surface area (Å²) in [5.74, 6) is 2.70. The van der Waals surface area contributed by atoms with E-state index in [1.165, 1.54) is 6.42 Å². The average Bonchev–Trinajstić information content (AvgIpc) is 2.91. The first-order valence-electron chi connectivity index (χ1n) is 7.41. The van der Waals surface area contributed by atoms with E-state index in [2.05, 4.69) is 17.2 Å². The van der Waals surface area contributed by atoms with Crippen LogP contribution in [0.15, 0.2) is 0 Å². The quantitative estimate of drug-likeness (QED) is 0.250. The Labute approximate surface area is 141 Å². The predicted octanol–water partition coefficient (Wildman–Crippen LogP) is -1.90. The lowest BCUT2D eigenvalue weighted by Crippen LogP contribution is -2.42. The fourth-order valence-corrected chi connectivity index (χ4v) is 1.95. The van der Waals surface area contributed by atoms with Gasteiger partial charge in [-0.15, -0.1) is 11.6 Å². The number of halogens is 1. The fraction of sp³-hybridized carbons (Fsp3) is 0.667. The number of rotatable bonds is 7. The van der Waals surface area contributed by atoms with Crippen molar-refractivity contribution in [2.75, 3.05) is 32.1 Å². The van der Waals surface area contributed by atoms with Crippen LogP contribution in [-0.4, -0.2) is 54.8 Å². The second-order valence-corrected chi connectivity index (χ2v) is 5.15. The van der Waals surface area contributed by atoms with Crippen molar-refractivity contribution >= 4 is 29.4 Å². The van der Waals surface area contributed by atoms with Crippen molar-refractivity contribution in [3.8, 4) is 11.8 Å². The molecule has 0 aliphatic carbocycles. The number of unbranched alkanes of at least 4 members (excludes halogenated alkanes) is 2. The van der Waals surface area contributed by atoms with Gasteiger partial charge in [0.2, 0.25) is 5.91 Å². The first kappa shape index (κ1) is 21.2. The highest BCUT2D eigenvalue weighted by molar-refractivity contribution is 6.25.